The molecule has 3 nitrogen and oxygen atoms in total. The van der Waals surface area contributed by atoms with Gasteiger partial charge in [-0.25, -0.2) is 0 Å². The fourth-order valence-corrected chi connectivity index (χ4v) is 3.21. The van der Waals surface area contributed by atoms with Crippen molar-refractivity contribution in [2.75, 3.05) is 6.54 Å². The zero-order valence-electron chi connectivity index (χ0n) is 8.08. The summed E-state index contributed by atoms with van der Waals surface area (Å²) in [6.45, 7) is 1.98. The number of esters is 1. The Morgan fingerprint density at radius 1 is 1.38 bits per heavy atom. The molecule has 2 aliphatic carbocycles. The predicted molar refractivity (Wildman–Crippen MR) is 49.0 cm³/mol. The molecule has 0 aromatic rings. The van der Waals surface area contributed by atoms with Gasteiger partial charge in [-0.05, 0) is 25.7 Å². The second-order valence-electron chi connectivity index (χ2n) is 4.30. The molecule has 0 spiro atoms. The largest absolute Gasteiger partial charge is 0.457 e. The summed E-state index contributed by atoms with van der Waals surface area (Å²) >= 11 is 0. The number of carbonyl (C=O) groups excluding carboxylic acids is 1. The predicted octanol–water partition coefficient (Wildman–Crippen LogP) is 1.07. The Bertz CT molecular complexity index is 207. The molecule has 0 aliphatic heterocycles. The zero-order valence-corrected chi connectivity index (χ0v) is 8.08. The number of hydrogen-bond donors (Lipinski definition) is 1. The lowest BCUT2D eigenvalue weighted by molar-refractivity contribution is -0.161. The van der Waals surface area contributed by atoms with E-state index < -0.39 is 0 Å². The van der Waals surface area contributed by atoms with Crippen LogP contribution in [0, 0.1) is 11.8 Å². The van der Waals surface area contributed by atoms with E-state index in [9.17, 15) is 4.79 Å². The van der Waals surface area contributed by atoms with Crippen LogP contribution in [-0.2, 0) is 9.53 Å². The molecule has 2 aliphatic rings. The van der Waals surface area contributed by atoms with Gasteiger partial charge < -0.3 is 10.5 Å². The molecule has 2 N–H and O–H groups in total. The summed E-state index contributed by atoms with van der Waals surface area (Å²) in [5.41, 5.74) is 5.47. The molecule has 0 aromatic heterocycles. The maximum absolute atomic E-state index is 11.0. The van der Waals surface area contributed by atoms with Crippen LogP contribution in [0.15, 0.2) is 0 Å². The number of hydrogen-bond acceptors (Lipinski definition) is 3. The Morgan fingerprint density at radius 3 is 2.15 bits per heavy atom. The SMILES string of the molecule is CC(=O)OC1(CN)C2CCC1CC2. The van der Waals surface area contributed by atoms with Crippen molar-refractivity contribution in [3.63, 3.8) is 0 Å². The van der Waals surface area contributed by atoms with E-state index in [-0.39, 0.29) is 11.6 Å². The first-order valence-corrected chi connectivity index (χ1v) is 5.08. The van der Waals surface area contributed by atoms with Crippen LogP contribution in [0.1, 0.15) is 32.6 Å². The highest BCUT2D eigenvalue weighted by Gasteiger charge is 2.56. The highest BCUT2D eigenvalue weighted by atomic mass is 16.6. The van der Waals surface area contributed by atoms with Gasteiger partial charge in [0.05, 0.1) is 0 Å². The van der Waals surface area contributed by atoms with Crippen molar-refractivity contribution < 1.29 is 9.53 Å². The summed E-state index contributed by atoms with van der Waals surface area (Å²) < 4.78 is 5.47. The summed E-state index contributed by atoms with van der Waals surface area (Å²) in [5.74, 6) is 0.891. The lowest BCUT2D eigenvalue weighted by Crippen LogP contribution is -2.46. The minimum Gasteiger partial charge on any atom is -0.457 e. The molecule has 2 saturated carbocycles. The molecule has 74 valence electrons. The van der Waals surface area contributed by atoms with Gasteiger partial charge in [0.1, 0.15) is 5.60 Å². The summed E-state index contributed by atoms with van der Waals surface area (Å²) in [7, 11) is 0. The molecule has 13 heavy (non-hydrogen) atoms. The fourth-order valence-electron chi connectivity index (χ4n) is 3.21. The van der Waals surface area contributed by atoms with Crippen LogP contribution in [0.25, 0.3) is 0 Å². The highest BCUT2D eigenvalue weighted by Crippen LogP contribution is 2.53. The minimum atomic E-state index is -0.286. The van der Waals surface area contributed by atoms with Crippen molar-refractivity contribution in [2.24, 2.45) is 17.6 Å². The summed E-state index contributed by atoms with van der Waals surface area (Å²) in [5, 5.41) is 0. The van der Waals surface area contributed by atoms with Crippen LogP contribution in [0.4, 0.5) is 0 Å². The third-order valence-corrected chi connectivity index (χ3v) is 3.76. The van der Waals surface area contributed by atoms with E-state index in [0.717, 1.165) is 0 Å². The van der Waals surface area contributed by atoms with Crippen molar-refractivity contribution in [3.8, 4) is 0 Å². The van der Waals surface area contributed by atoms with E-state index in [1.807, 2.05) is 0 Å². The van der Waals surface area contributed by atoms with Gasteiger partial charge in [0.25, 0.3) is 0 Å². The first-order valence-electron chi connectivity index (χ1n) is 5.08. The van der Waals surface area contributed by atoms with E-state index in [2.05, 4.69) is 0 Å². The fraction of sp³-hybridized carbons (Fsp3) is 0.900. The van der Waals surface area contributed by atoms with Gasteiger partial charge in [0.2, 0.25) is 0 Å². The molecule has 0 heterocycles. The molecular formula is C10H17NO2. The standard InChI is InChI=1S/C10H17NO2/c1-7(12)13-10(6-11)8-2-3-9(10)5-4-8/h8-9H,2-6,11H2,1H3. The number of carbonyl (C=O) groups is 1. The van der Waals surface area contributed by atoms with Crippen LogP contribution >= 0.6 is 0 Å². The van der Waals surface area contributed by atoms with Gasteiger partial charge in [-0.2, -0.15) is 0 Å². The maximum atomic E-state index is 11.0. The van der Waals surface area contributed by atoms with Gasteiger partial charge in [0.15, 0.2) is 0 Å². The highest BCUT2D eigenvalue weighted by molar-refractivity contribution is 5.66. The average molecular weight is 183 g/mol. The third-order valence-electron chi connectivity index (χ3n) is 3.76. The van der Waals surface area contributed by atoms with Crippen molar-refractivity contribution >= 4 is 5.97 Å². The van der Waals surface area contributed by atoms with Crippen LogP contribution in [-0.4, -0.2) is 18.1 Å². The molecule has 0 aromatic carbocycles. The third kappa shape index (κ3) is 1.17. The Morgan fingerprint density at radius 2 is 1.85 bits per heavy atom. The average Bonchev–Trinajstić information content (AvgIpc) is 2.60. The molecule has 2 bridgehead atoms. The number of rotatable bonds is 2. The quantitative estimate of drug-likeness (QED) is 0.651. The summed E-state index contributed by atoms with van der Waals surface area (Å²) in [4.78, 5) is 11.0. The lowest BCUT2D eigenvalue weighted by atomic mass is 9.91. The lowest BCUT2D eigenvalue weighted by Gasteiger charge is -2.32. The van der Waals surface area contributed by atoms with Gasteiger partial charge in [0, 0.05) is 25.3 Å². The summed E-state index contributed by atoms with van der Waals surface area (Å²) in [6, 6.07) is 0. The molecule has 3 heteroatoms. The van der Waals surface area contributed by atoms with E-state index in [1.165, 1.54) is 32.6 Å². The van der Waals surface area contributed by atoms with E-state index in [4.69, 9.17) is 10.5 Å². The van der Waals surface area contributed by atoms with Gasteiger partial charge >= 0.3 is 5.97 Å². The van der Waals surface area contributed by atoms with Crippen LogP contribution in [0.5, 0.6) is 0 Å². The van der Waals surface area contributed by atoms with Crippen LogP contribution in [0.3, 0.4) is 0 Å². The molecule has 0 saturated heterocycles. The number of fused-ring (bicyclic) bond motifs is 2. The maximum Gasteiger partial charge on any atom is 0.303 e. The van der Waals surface area contributed by atoms with Gasteiger partial charge in [-0.1, -0.05) is 0 Å². The first kappa shape index (κ1) is 9.00. The van der Waals surface area contributed by atoms with Crippen molar-refractivity contribution in [1.29, 1.82) is 0 Å². The van der Waals surface area contributed by atoms with Crippen molar-refractivity contribution in [3.05, 3.63) is 0 Å². The van der Waals surface area contributed by atoms with Gasteiger partial charge in [-0.3, -0.25) is 4.79 Å². The Kier molecular flexibility index (Phi) is 2.06. The van der Waals surface area contributed by atoms with Crippen molar-refractivity contribution in [1.82, 2.24) is 0 Å². The number of nitrogens with two attached hydrogens (primary N) is 1. The smallest absolute Gasteiger partial charge is 0.303 e. The van der Waals surface area contributed by atoms with E-state index in [0.29, 0.717) is 18.4 Å². The minimum absolute atomic E-state index is 0.177. The van der Waals surface area contributed by atoms with Crippen molar-refractivity contribution in [2.45, 2.75) is 38.2 Å². The van der Waals surface area contributed by atoms with Crippen LogP contribution in [0.2, 0.25) is 0 Å². The van der Waals surface area contributed by atoms with E-state index in [1.54, 1.807) is 0 Å². The molecule has 2 rings (SSSR count). The molecule has 0 amide bonds. The van der Waals surface area contributed by atoms with Gasteiger partial charge in [-0.15, -0.1) is 0 Å². The summed E-state index contributed by atoms with van der Waals surface area (Å²) in [6.07, 6.45) is 4.76. The molecule has 0 atom stereocenters. The zero-order chi connectivity index (χ0) is 9.47. The molecular weight excluding hydrogens is 166 g/mol. The second kappa shape index (κ2) is 2.98. The Labute approximate surface area is 78.6 Å². The molecule has 2 fully saturated rings. The molecule has 0 radical (unpaired) electrons. The van der Waals surface area contributed by atoms with Crippen LogP contribution < -0.4 is 5.73 Å². The monoisotopic (exact) mass is 183 g/mol. The van der Waals surface area contributed by atoms with E-state index >= 15 is 0 Å². The molecule has 0 unspecified atom stereocenters. The first-order chi connectivity index (χ1) is 6.19. The second-order valence-corrected chi connectivity index (χ2v) is 4.30. The Balaban J connectivity index is 2.19. The topological polar surface area (TPSA) is 52.3 Å². The Hall–Kier alpha value is -0.570. The number of ether oxygens (including phenoxy) is 1. The normalized spacial score (nSPS) is 42.3.